The van der Waals surface area contributed by atoms with Crippen LogP contribution >= 0.6 is 0 Å². The van der Waals surface area contributed by atoms with E-state index in [1.165, 1.54) is 6.26 Å². The normalized spacial score (nSPS) is 28.1. The van der Waals surface area contributed by atoms with Gasteiger partial charge in [-0.2, -0.15) is 0 Å². The van der Waals surface area contributed by atoms with E-state index in [-0.39, 0.29) is 11.9 Å². The summed E-state index contributed by atoms with van der Waals surface area (Å²) in [5, 5.41) is 3.23. The van der Waals surface area contributed by atoms with Crippen molar-refractivity contribution in [1.82, 2.24) is 5.32 Å². The Kier molecular flexibility index (Phi) is 4.34. The molecule has 0 heterocycles. The second kappa shape index (κ2) is 5.09. The molecule has 1 rings (SSSR count). The van der Waals surface area contributed by atoms with Crippen LogP contribution in [0, 0.1) is 0 Å². The fourth-order valence-corrected chi connectivity index (χ4v) is 2.36. The number of ether oxygens (including phenoxy) is 1. The second-order valence-electron chi connectivity index (χ2n) is 3.90. The molecule has 1 fully saturated rings. The molecule has 0 aliphatic heterocycles. The van der Waals surface area contributed by atoms with Gasteiger partial charge in [0, 0.05) is 26.0 Å². The second-order valence-corrected chi connectivity index (χ2v) is 6.16. The summed E-state index contributed by atoms with van der Waals surface area (Å²) in [6.45, 7) is 0.531. The number of hydrogen-bond acceptors (Lipinski definition) is 4. The largest absolute Gasteiger partial charge is 0.380 e. The van der Waals surface area contributed by atoms with Gasteiger partial charge in [0.25, 0.3) is 0 Å². The fraction of sp³-hybridized carbons (Fsp3) is 1.00. The van der Waals surface area contributed by atoms with Crippen LogP contribution in [0.4, 0.5) is 0 Å². The number of hydrogen-bond donors (Lipinski definition) is 1. The lowest BCUT2D eigenvalue weighted by Crippen LogP contribution is -2.39. The predicted molar refractivity (Wildman–Crippen MR) is 56.1 cm³/mol. The maximum absolute atomic E-state index is 10.9. The van der Waals surface area contributed by atoms with Crippen LogP contribution in [-0.2, 0) is 14.6 Å². The van der Waals surface area contributed by atoms with E-state index in [1.54, 1.807) is 7.11 Å². The molecule has 4 nitrogen and oxygen atoms in total. The first-order valence-electron chi connectivity index (χ1n) is 4.97. The van der Waals surface area contributed by atoms with Gasteiger partial charge in [0.2, 0.25) is 0 Å². The van der Waals surface area contributed by atoms with Crippen LogP contribution in [0.3, 0.4) is 0 Å². The fourth-order valence-electron chi connectivity index (χ4n) is 1.87. The lowest BCUT2D eigenvalue weighted by atomic mass is 10.2. The third kappa shape index (κ3) is 3.94. The Morgan fingerprint density at radius 3 is 2.71 bits per heavy atom. The molecule has 84 valence electrons. The molecule has 1 aliphatic carbocycles. The summed E-state index contributed by atoms with van der Waals surface area (Å²) < 4.78 is 27.1. The van der Waals surface area contributed by atoms with Crippen molar-refractivity contribution in [3.63, 3.8) is 0 Å². The molecule has 0 aromatic rings. The summed E-state index contributed by atoms with van der Waals surface area (Å²) in [6, 6.07) is 0.335. The van der Waals surface area contributed by atoms with Crippen LogP contribution in [0.2, 0.25) is 0 Å². The van der Waals surface area contributed by atoms with Crippen molar-refractivity contribution in [3.05, 3.63) is 0 Å². The van der Waals surface area contributed by atoms with Gasteiger partial charge in [0.1, 0.15) is 9.84 Å². The molecule has 14 heavy (non-hydrogen) atoms. The minimum atomic E-state index is -2.84. The van der Waals surface area contributed by atoms with Gasteiger partial charge in [-0.05, 0) is 19.3 Å². The molecule has 0 bridgehead atoms. The van der Waals surface area contributed by atoms with E-state index in [0.29, 0.717) is 12.6 Å². The van der Waals surface area contributed by atoms with Crippen molar-refractivity contribution in [2.75, 3.05) is 25.7 Å². The molecular formula is C9H19NO3S. The Hall–Kier alpha value is -0.130. The van der Waals surface area contributed by atoms with Crippen LogP contribution in [0.1, 0.15) is 19.3 Å². The molecule has 5 heteroatoms. The maximum atomic E-state index is 10.9. The molecule has 0 saturated heterocycles. The highest BCUT2D eigenvalue weighted by molar-refractivity contribution is 7.90. The minimum absolute atomic E-state index is 0.208. The van der Waals surface area contributed by atoms with E-state index in [0.717, 1.165) is 19.3 Å². The van der Waals surface area contributed by atoms with E-state index in [1.807, 2.05) is 0 Å². The Morgan fingerprint density at radius 2 is 2.14 bits per heavy atom. The number of methoxy groups -OCH3 is 1. The summed E-state index contributed by atoms with van der Waals surface area (Å²) in [6.07, 6.45) is 4.84. The number of nitrogens with one attached hydrogen (secondary N) is 1. The van der Waals surface area contributed by atoms with Crippen LogP contribution in [0.15, 0.2) is 0 Å². The average Bonchev–Trinajstić information content (AvgIpc) is 2.49. The first kappa shape index (κ1) is 11.9. The molecular weight excluding hydrogens is 202 g/mol. The highest BCUT2D eigenvalue weighted by atomic mass is 32.2. The first-order chi connectivity index (χ1) is 6.53. The molecule has 1 aliphatic rings. The predicted octanol–water partition coefficient (Wildman–Crippen LogP) is 0.188. The van der Waals surface area contributed by atoms with Crippen molar-refractivity contribution in [1.29, 1.82) is 0 Å². The summed E-state index contributed by atoms with van der Waals surface area (Å²) in [7, 11) is -1.13. The van der Waals surface area contributed by atoms with E-state index in [2.05, 4.69) is 5.32 Å². The summed E-state index contributed by atoms with van der Waals surface area (Å²) in [4.78, 5) is 0. The third-order valence-corrected chi connectivity index (χ3v) is 3.58. The average molecular weight is 221 g/mol. The maximum Gasteiger partial charge on any atom is 0.148 e. The molecule has 0 radical (unpaired) electrons. The molecule has 2 unspecified atom stereocenters. The third-order valence-electron chi connectivity index (χ3n) is 2.63. The zero-order chi connectivity index (χ0) is 10.6. The van der Waals surface area contributed by atoms with E-state index in [4.69, 9.17) is 4.74 Å². The zero-order valence-corrected chi connectivity index (χ0v) is 9.64. The molecule has 0 spiro atoms. The van der Waals surface area contributed by atoms with Crippen LogP contribution in [0.25, 0.3) is 0 Å². The van der Waals surface area contributed by atoms with Crippen LogP contribution < -0.4 is 5.32 Å². The standard InChI is InChI=1S/C9H19NO3S/c1-13-9-5-3-4-8(9)10-6-7-14(2,11)12/h8-10H,3-7H2,1-2H3. The van der Waals surface area contributed by atoms with Crippen molar-refractivity contribution >= 4 is 9.84 Å². The highest BCUT2D eigenvalue weighted by Crippen LogP contribution is 2.21. The van der Waals surface area contributed by atoms with Gasteiger partial charge in [-0.25, -0.2) is 8.42 Å². The zero-order valence-electron chi connectivity index (χ0n) is 8.82. The van der Waals surface area contributed by atoms with Gasteiger partial charge >= 0.3 is 0 Å². The van der Waals surface area contributed by atoms with Gasteiger partial charge < -0.3 is 10.1 Å². The Morgan fingerprint density at radius 1 is 1.43 bits per heavy atom. The SMILES string of the molecule is COC1CCCC1NCCS(C)(=O)=O. The molecule has 0 aromatic carbocycles. The van der Waals surface area contributed by atoms with Gasteiger partial charge in [-0.15, -0.1) is 0 Å². The van der Waals surface area contributed by atoms with Crippen molar-refractivity contribution < 1.29 is 13.2 Å². The molecule has 1 N–H and O–H groups in total. The van der Waals surface area contributed by atoms with E-state index >= 15 is 0 Å². The first-order valence-corrected chi connectivity index (χ1v) is 7.03. The molecule has 1 saturated carbocycles. The topological polar surface area (TPSA) is 55.4 Å². The Balaban J connectivity index is 2.24. The molecule has 2 atom stereocenters. The number of rotatable bonds is 5. The Bertz CT molecular complexity index is 263. The quantitative estimate of drug-likeness (QED) is 0.720. The minimum Gasteiger partial charge on any atom is -0.380 e. The molecule has 0 amide bonds. The smallest absolute Gasteiger partial charge is 0.148 e. The van der Waals surface area contributed by atoms with Crippen LogP contribution in [-0.4, -0.2) is 46.2 Å². The summed E-state index contributed by atoms with van der Waals surface area (Å²) in [5.41, 5.74) is 0. The lowest BCUT2D eigenvalue weighted by molar-refractivity contribution is 0.0859. The van der Waals surface area contributed by atoms with Gasteiger partial charge in [0.05, 0.1) is 11.9 Å². The molecule has 0 aromatic heterocycles. The van der Waals surface area contributed by atoms with E-state index < -0.39 is 9.84 Å². The van der Waals surface area contributed by atoms with Crippen LogP contribution in [0.5, 0.6) is 0 Å². The number of sulfone groups is 1. The Labute approximate surface area is 85.9 Å². The van der Waals surface area contributed by atoms with Gasteiger partial charge in [-0.1, -0.05) is 0 Å². The van der Waals surface area contributed by atoms with Crippen molar-refractivity contribution in [2.45, 2.75) is 31.4 Å². The monoisotopic (exact) mass is 221 g/mol. The lowest BCUT2D eigenvalue weighted by Gasteiger charge is -2.19. The highest BCUT2D eigenvalue weighted by Gasteiger charge is 2.26. The summed E-state index contributed by atoms with van der Waals surface area (Å²) in [5.74, 6) is 0.208. The van der Waals surface area contributed by atoms with Gasteiger partial charge in [-0.3, -0.25) is 0 Å². The van der Waals surface area contributed by atoms with E-state index in [9.17, 15) is 8.42 Å². The summed E-state index contributed by atoms with van der Waals surface area (Å²) >= 11 is 0. The van der Waals surface area contributed by atoms with Crippen molar-refractivity contribution in [3.8, 4) is 0 Å². The van der Waals surface area contributed by atoms with Gasteiger partial charge in [0.15, 0.2) is 0 Å². The van der Waals surface area contributed by atoms with Crippen molar-refractivity contribution in [2.24, 2.45) is 0 Å².